The highest BCUT2D eigenvalue weighted by Crippen LogP contribution is 2.41. The van der Waals surface area contributed by atoms with E-state index in [0.717, 1.165) is 31.5 Å². The van der Waals surface area contributed by atoms with E-state index < -0.39 is 5.60 Å². The number of pyridine rings is 1. The van der Waals surface area contributed by atoms with Gasteiger partial charge in [-0.2, -0.15) is 0 Å². The van der Waals surface area contributed by atoms with Gasteiger partial charge in [-0.15, -0.1) is 0 Å². The molecule has 1 N–H and O–H groups in total. The Hall–Kier alpha value is -0.930. The Morgan fingerprint density at radius 2 is 2.31 bits per heavy atom. The molecule has 2 atom stereocenters. The smallest absolute Gasteiger partial charge is 0.108 e. The van der Waals surface area contributed by atoms with Gasteiger partial charge in [0.05, 0.1) is 0 Å². The molecule has 1 aromatic heterocycles. The van der Waals surface area contributed by atoms with Crippen LogP contribution in [-0.2, 0) is 5.60 Å². The minimum absolute atomic E-state index is 0.311. The lowest BCUT2D eigenvalue weighted by Gasteiger charge is -2.37. The van der Waals surface area contributed by atoms with Gasteiger partial charge in [0.25, 0.3) is 0 Å². The normalized spacial score (nSPS) is 34.9. The molecule has 0 aliphatic carbocycles. The van der Waals surface area contributed by atoms with Gasteiger partial charge >= 0.3 is 0 Å². The van der Waals surface area contributed by atoms with Gasteiger partial charge in [0.1, 0.15) is 5.60 Å². The molecule has 2 unspecified atom stereocenters. The fraction of sp³-hybridized carbons (Fsp3) is 0.615. The Morgan fingerprint density at radius 1 is 1.38 bits per heavy atom. The van der Waals surface area contributed by atoms with Crippen molar-refractivity contribution >= 4 is 0 Å². The predicted octanol–water partition coefficient (Wildman–Crippen LogP) is 1.53. The zero-order valence-electron chi connectivity index (χ0n) is 9.47. The highest BCUT2D eigenvalue weighted by Gasteiger charge is 2.47. The van der Waals surface area contributed by atoms with Crippen LogP contribution in [0.15, 0.2) is 24.5 Å². The monoisotopic (exact) mass is 218 g/mol. The molecule has 0 saturated carbocycles. The Morgan fingerprint density at radius 3 is 3.12 bits per heavy atom. The number of aliphatic hydroxyl groups is 1. The summed E-state index contributed by atoms with van der Waals surface area (Å²) in [5.41, 5.74) is 0.332. The second-order valence-corrected chi connectivity index (χ2v) is 4.96. The molecular formula is C13H18N2O. The van der Waals surface area contributed by atoms with Gasteiger partial charge in [0, 0.05) is 30.5 Å². The highest BCUT2D eigenvalue weighted by atomic mass is 16.3. The van der Waals surface area contributed by atoms with Crippen LogP contribution in [0.2, 0.25) is 0 Å². The standard InChI is InChI=1S/C13H18N2O/c16-13(11-4-3-7-14-10-11)6-9-15-8-2-1-5-12(13)15/h3-4,7,10,12,16H,1-2,5-6,8-9H2. The summed E-state index contributed by atoms with van der Waals surface area (Å²) in [6, 6.07) is 4.23. The molecule has 3 nitrogen and oxygen atoms in total. The van der Waals surface area contributed by atoms with Crippen LogP contribution < -0.4 is 0 Å². The Labute approximate surface area is 96.1 Å². The molecule has 3 rings (SSSR count). The van der Waals surface area contributed by atoms with Gasteiger partial charge in [-0.05, 0) is 31.9 Å². The van der Waals surface area contributed by atoms with E-state index >= 15 is 0 Å². The van der Waals surface area contributed by atoms with E-state index in [2.05, 4.69) is 9.88 Å². The van der Waals surface area contributed by atoms with E-state index in [4.69, 9.17) is 0 Å². The molecule has 1 aromatic rings. The lowest BCUT2D eigenvalue weighted by atomic mass is 9.84. The van der Waals surface area contributed by atoms with E-state index in [0.29, 0.717) is 6.04 Å². The molecule has 2 aliphatic rings. The minimum atomic E-state index is -0.658. The lowest BCUT2D eigenvalue weighted by Crippen LogP contribution is -2.45. The molecule has 3 heteroatoms. The summed E-state index contributed by atoms with van der Waals surface area (Å²) in [6.07, 6.45) is 8.07. The van der Waals surface area contributed by atoms with Gasteiger partial charge in [-0.1, -0.05) is 12.5 Å². The fourth-order valence-corrected chi connectivity index (χ4v) is 3.24. The highest BCUT2D eigenvalue weighted by molar-refractivity contribution is 5.23. The molecule has 2 saturated heterocycles. The van der Waals surface area contributed by atoms with Gasteiger partial charge in [0.15, 0.2) is 0 Å². The van der Waals surface area contributed by atoms with Crippen LogP contribution in [0.4, 0.5) is 0 Å². The summed E-state index contributed by atoms with van der Waals surface area (Å²) < 4.78 is 0. The number of piperidine rings is 1. The molecular weight excluding hydrogens is 200 g/mol. The fourth-order valence-electron chi connectivity index (χ4n) is 3.24. The summed E-state index contributed by atoms with van der Waals surface area (Å²) in [6.45, 7) is 2.17. The average Bonchev–Trinajstić information content (AvgIpc) is 2.71. The van der Waals surface area contributed by atoms with Crippen LogP contribution in [0.25, 0.3) is 0 Å². The van der Waals surface area contributed by atoms with Crippen molar-refractivity contribution in [3.05, 3.63) is 30.1 Å². The van der Waals surface area contributed by atoms with Crippen molar-refractivity contribution in [2.75, 3.05) is 13.1 Å². The minimum Gasteiger partial charge on any atom is -0.383 e. The topological polar surface area (TPSA) is 36.4 Å². The molecule has 0 spiro atoms. The second-order valence-electron chi connectivity index (χ2n) is 4.96. The first-order chi connectivity index (χ1) is 7.81. The largest absolute Gasteiger partial charge is 0.383 e. The maximum atomic E-state index is 10.9. The van der Waals surface area contributed by atoms with Crippen molar-refractivity contribution in [2.24, 2.45) is 0 Å². The molecule has 0 bridgehead atoms. The summed E-state index contributed by atoms with van der Waals surface area (Å²) >= 11 is 0. The number of rotatable bonds is 1. The van der Waals surface area contributed by atoms with E-state index in [-0.39, 0.29) is 0 Å². The van der Waals surface area contributed by atoms with Crippen LogP contribution in [0, 0.1) is 0 Å². The van der Waals surface area contributed by atoms with Gasteiger partial charge in [-0.3, -0.25) is 9.88 Å². The van der Waals surface area contributed by atoms with Gasteiger partial charge in [0.2, 0.25) is 0 Å². The van der Waals surface area contributed by atoms with Crippen molar-refractivity contribution in [1.82, 2.24) is 9.88 Å². The van der Waals surface area contributed by atoms with E-state index in [1.165, 1.54) is 12.8 Å². The number of hydrogen-bond acceptors (Lipinski definition) is 3. The molecule has 0 aromatic carbocycles. The van der Waals surface area contributed by atoms with E-state index in [1.54, 1.807) is 6.20 Å². The summed E-state index contributed by atoms with van der Waals surface area (Å²) in [5.74, 6) is 0. The number of aromatic nitrogens is 1. The third-order valence-corrected chi connectivity index (χ3v) is 4.11. The van der Waals surface area contributed by atoms with Crippen LogP contribution in [0.5, 0.6) is 0 Å². The Bertz CT molecular complexity index is 367. The van der Waals surface area contributed by atoms with Crippen molar-refractivity contribution in [2.45, 2.75) is 37.3 Å². The van der Waals surface area contributed by atoms with Crippen molar-refractivity contribution in [3.8, 4) is 0 Å². The van der Waals surface area contributed by atoms with Crippen LogP contribution >= 0.6 is 0 Å². The number of fused-ring (bicyclic) bond motifs is 1. The Kier molecular flexibility index (Phi) is 2.45. The van der Waals surface area contributed by atoms with E-state index in [9.17, 15) is 5.11 Å². The van der Waals surface area contributed by atoms with Gasteiger partial charge in [-0.25, -0.2) is 0 Å². The quantitative estimate of drug-likeness (QED) is 0.776. The van der Waals surface area contributed by atoms with Crippen molar-refractivity contribution < 1.29 is 5.11 Å². The van der Waals surface area contributed by atoms with Crippen molar-refractivity contribution in [1.29, 1.82) is 0 Å². The number of hydrogen-bond donors (Lipinski definition) is 1. The zero-order valence-corrected chi connectivity index (χ0v) is 9.47. The first-order valence-electron chi connectivity index (χ1n) is 6.18. The molecule has 0 amide bonds. The maximum absolute atomic E-state index is 10.9. The number of nitrogens with zero attached hydrogens (tertiary/aromatic N) is 2. The molecule has 2 aliphatic heterocycles. The molecule has 16 heavy (non-hydrogen) atoms. The summed E-state index contributed by atoms with van der Waals surface area (Å²) in [5, 5.41) is 10.9. The second kappa shape index (κ2) is 3.82. The first kappa shape index (κ1) is 10.2. The summed E-state index contributed by atoms with van der Waals surface area (Å²) in [7, 11) is 0. The predicted molar refractivity (Wildman–Crippen MR) is 62.0 cm³/mol. The molecule has 0 radical (unpaired) electrons. The average molecular weight is 218 g/mol. The molecule has 2 fully saturated rings. The van der Waals surface area contributed by atoms with Crippen molar-refractivity contribution in [3.63, 3.8) is 0 Å². The first-order valence-corrected chi connectivity index (χ1v) is 6.18. The third kappa shape index (κ3) is 1.46. The van der Waals surface area contributed by atoms with Crippen LogP contribution in [-0.4, -0.2) is 34.1 Å². The van der Waals surface area contributed by atoms with E-state index in [1.807, 2.05) is 18.3 Å². The lowest BCUT2D eigenvalue weighted by molar-refractivity contribution is -0.0140. The zero-order chi connectivity index (χ0) is 11.0. The van der Waals surface area contributed by atoms with Crippen LogP contribution in [0.1, 0.15) is 31.2 Å². The van der Waals surface area contributed by atoms with Gasteiger partial charge < -0.3 is 5.11 Å². The molecule has 86 valence electrons. The third-order valence-electron chi connectivity index (χ3n) is 4.11. The van der Waals surface area contributed by atoms with Crippen LogP contribution in [0.3, 0.4) is 0 Å². The SMILES string of the molecule is OC1(c2cccnc2)CCN2CCCCC21. The maximum Gasteiger partial charge on any atom is 0.108 e. The molecule has 3 heterocycles. The summed E-state index contributed by atoms with van der Waals surface area (Å²) in [4.78, 5) is 6.57. The Balaban J connectivity index is 1.93.